The van der Waals surface area contributed by atoms with Gasteiger partial charge in [-0.05, 0) is 33.0 Å². The third-order valence-electron chi connectivity index (χ3n) is 1.55. The summed E-state index contributed by atoms with van der Waals surface area (Å²) in [5, 5.41) is 6.56. The maximum atomic E-state index is 10.8. The fourth-order valence-electron chi connectivity index (χ4n) is 1.02. The quantitative estimate of drug-likeness (QED) is 0.585. The van der Waals surface area contributed by atoms with Crippen LogP contribution in [0, 0.1) is 11.7 Å². The Hall–Kier alpha value is -1.43. The van der Waals surface area contributed by atoms with Crippen LogP contribution >= 0.6 is 12.2 Å². The van der Waals surface area contributed by atoms with Crippen LogP contribution in [0.1, 0.15) is 19.7 Å². The van der Waals surface area contributed by atoms with E-state index >= 15 is 0 Å². The summed E-state index contributed by atoms with van der Waals surface area (Å²) in [4.78, 5) is 10.8. The van der Waals surface area contributed by atoms with Gasteiger partial charge in [-0.1, -0.05) is 0 Å². The fraction of sp³-hybridized carbons (Fsp3) is 0.375. The summed E-state index contributed by atoms with van der Waals surface area (Å²) in [7, 11) is 0. The molecular formula is C8H12N4OS. The van der Waals surface area contributed by atoms with Crippen molar-refractivity contribution in [3.8, 4) is 0 Å². The molecular weight excluding hydrogens is 200 g/mol. The second-order valence-electron chi connectivity index (χ2n) is 2.96. The third-order valence-corrected chi connectivity index (χ3v) is 1.82. The minimum atomic E-state index is -0.0114. The van der Waals surface area contributed by atoms with E-state index in [1.165, 1.54) is 13.0 Å². The molecule has 5 nitrogen and oxygen atoms in total. The molecule has 1 aromatic heterocycles. The molecule has 0 saturated heterocycles. The van der Waals surface area contributed by atoms with E-state index in [0.29, 0.717) is 10.6 Å². The molecule has 0 amide bonds. The summed E-state index contributed by atoms with van der Waals surface area (Å²) in [6.45, 7) is 5.09. The number of carbonyl (C=O) groups excluding carboxylic acids is 1. The van der Waals surface area contributed by atoms with Gasteiger partial charge in [-0.2, -0.15) is 5.10 Å². The van der Waals surface area contributed by atoms with Crippen LogP contribution in [0.3, 0.4) is 0 Å². The van der Waals surface area contributed by atoms with Crippen molar-refractivity contribution < 1.29 is 4.79 Å². The van der Waals surface area contributed by atoms with E-state index < -0.39 is 0 Å². The van der Waals surface area contributed by atoms with Crippen molar-refractivity contribution in [3.63, 3.8) is 0 Å². The molecule has 0 aliphatic rings. The van der Waals surface area contributed by atoms with Gasteiger partial charge in [0.05, 0.1) is 0 Å². The van der Waals surface area contributed by atoms with Crippen molar-refractivity contribution in [3.05, 3.63) is 22.4 Å². The lowest BCUT2D eigenvalue weighted by Crippen LogP contribution is -2.15. The molecule has 2 N–H and O–H groups in total. The van der Waals surface area contributed by atoms with Crippen LogP contribution in [0.15, 0.2) is 11.8 Å². The van der Waals surface area contributed by atoms with Crippen LogP contribution in [0.25, 0.3) is 0 Å². The Morgan fingerprint density at radius 3 is 2.71 bits per heavy atom. The smallest absolute Gasteiger partial charge is 0.214 e. The maximum absolute atomic E-state index is 10.8. The SMILES string of the molecule is CC(=O)/C=C(/C)Nn1c(C)n[nH]c1=S. The maximum Gasteiger partial charge on any atom is 0.214 e. The lowest BCUT2D eigenvalue weighted by Gasteiger charge is -2.07. The zero-order valence-electron chi connectivity index (χ0n) is 8.29. The van der Waals surface area contributed by atoms with Crippen molar-refractivity contribution in [2.45, 2.75) is 20.8 Å². The first kappa shape index (κ1) is 10.6. The van der Waals surface area contributed by atoms with Gasteiger partial charge in [0.15, 0.2) is 5.78 Å². The predicted molar refractivity (Wildman–Crippen MR) is 55.9 cm³/mol. The molecule has 1 rings (SSSR count). The molecule has 0 unspecified atom stereocenters. The fourth-order valence-corrected chi connectivity index (χ4v) is 1.24. The topological polar surface area (TPSA) is 62.7 Å². The Balaban J connectivity index is 2.89. The van der Waals surface area contributed by atoms with Gasteiger partial charge in [-0.15, -0.1) is 0 Å². The van der Waals surface area contributed by atoms with Crippen LogP contribution in [0.5, 0.6) is 0 Å². The molecule has 1 heterocycles. The largest absolute Gasteiger partial charge is 0.295 e. The number of allylic oxidation sites excluding steroid dienone is 2. The Bertz CT molecular complexity index is 429. The average Bonchev–Trinajstić information content (AvgIpc) is 2.34. The number of hydrogen-bond donors (Lipinski definition) is 2. The first-order valence-corrected chi connectivity index (χ1v) is 4.51. The minimum Gasteiger partial charge on any atom is -0.295 e. The van der Waals surface area contributed by atoms with Crippen LogP contribution in [-0.2, 0) is 4.79 Å². The van der Waals surface area contributed by atoms with E-state index in [0.717, 1.165) is 5.70 Å². The summed E-state index contributed by atoms with van der Waals surface area (Å²) in [5.41, 5.74) is 3.67. The predicted octanol–water partition coefficient (Wildman–Crippen LogP) is 1.29. The van der Waals surface area contributed by atoms with Crippen molar-refractivity contribution in [1.29, 1.82) is 0 Å². The van der Waals surface area contributed by atoms with Crippen LogP contribution in [0.2, 0.25) is 0 Å². The zero-order chi connectivity index (χ0) is 10.7. The van der Waals surface area contributed by atoms with Crippen molar-refractivity contribution in [1.82, 2.24) is 14.9 Å². The molecule has 1 aromatic rings. The summed E-state index contributed by atoms with van der Waals surface area (Å²) in [6.07, 6.45) is 1.49. The summed E-state index contributed by atoms with van der Waals surface area (Å²) in [5.74, 6) is 0.703. The van der Waals surface area contributed by atoms with Crippen molar-refractivity contribution in [2.75, 3.05) is 5.43 Å². The molecule has 0 aliphatic carbocycles. The molecule has 76 valence electrons. The Labute approximate surface area is 86.8 Å². The average molecular weight is 212 g/mol. The third kappa shape index (κ3) is 2.53. The standard InChI is InChI=1S/C8H12N4OS/c1-5(4-6(2)13)11-12-7(3)9-10-8(12)14/h4,11H,1-3H3,(H,10,14)/b5-4-. The minimum absolute atomic E-state index is 0.0114. The second kappa shape index (κ2) is 4.19. The van der Waals surface area contributed by atoms with Crippen molar-refractivity contribution >= 4 is 18.0 Å². The van der Waals surface area contributed by atoms with Gasteiger partial charge in [0.1, 0.15) is 5.82 Å². The molecule has 0 fully saturated rings. The van der Waals surface area contributed by atoms with Gasteiger partial charge in [0, 0.05) is 11.8 Å². The van der Waals surface area contributed by atoms with E-state index in [-0.39, 0.29) is 5.78 Å². The summed E-state index contributed by atoms with van der Waals surface area (Å²) < 4.78 is 2.07. The highest BCUT2D eigenvalue weighted by molar-refractivity contribution is 7.71. The molecule has 0 bridgehead atoms. The number of aromatic nitrogens is 3. The van der Waals surface area contributed by atoms with Crippen LogP contribution < -0.4 is 5.43 Å². The number of rotatable bonds is 3. The second-order valence-corrected chi connectivity index (χ2v) is 3.35. The van der Waals surface area contributed by atoms with Crippen LogP contribution in [0.4, 0.5) is 0 Å². The van der Waals surface area contributed by atoms with E-state index in [1.807, 2.05) is 0 Å². The highest BCUT2D eigenvalue weighted by atomic mass is 32.1. The Morgan fingerprint density at radius 2 is 2.29 bits per heavy atom. The van der Waals surface area contributed by atoms with Gasteiger partial charge in [0.2, 0.25) is 4.77 Å². The number of aromatic amines is 1. The van der Waals surface area contributed by atoms with Gasteiger partial charge in [-0.3, -0.25) is 15.3 Å². The lowest BCUT2D eigenvalue weighted by molar-refractivity contribution is -0.112. The summed E-state index contributed by atoms with van der Waals surface area (Å²) >= 11 is 4.98. The first-order valence-electron chi connectivity index (χ1n) is 4.10. The molecule has 0 atom stereocenters. The molecule has 0 radical (unpaired) electrons. The van der Waals surface area contributed by atoms with E-state index in [4.69, 9.17) is 12.2 Å². The van der Waals surface area contributed by atoms with Gasteiger partial charge >= 0.3 is 0 Å². The monoisotopic (exact) mass is 212 g/mol. The lowest BCUT2D eigenvalue weighted by atomic mass is 10.3. The summed E-state index contributed by atoms with van der Waals surface area (Å²) in [6, 6.07) is 0. The molecule has 14 heavy (non-hydrogen) atoms. The van der Waals surface area contributed by atoms with E-state index in [2.05, 4.69) is 15.6 Å². The molecule has 0 aliphatic heterocycles. The molecule has 0 spiro atoms. The Kier molecular flexibility index (Phi) is 3.19. The molecule has 0 aromatic carbocycles. The molecule has 6 heteroatoms. The van der Waals surface area contributed by atoms with Gasteiger partial charge in [-0.25, -0.2) is 4.68 Å². The zero-order valence-corrected chi connectivity index (χ0v) is 9.10. The van der Waals surface area contributed by atoms with E-state index in [1.54, 1.807) is 18.5 Å². The Morgan fingerprint density at radius 1 is 1.64 bits per heavy atom. The first-order chi connectivity index (χ1) is 6.50. The number of carbonyl (C=O) groups is 1. The highest BCUT2D eigenvalue weighted by Crippen LogP contribution is 1.96. The molecule has 0 saturated carbocycles. The van der Waals surface area contributed by atoms with E-state index in [9.17, 15) is 4.79 Å². The highest BCUT2D eigenvalue weighted by Gasteiger charge is 2.00. The van der Waals surface area contributed by atoms with Gasteiger partial charge < -0.3 is 0 Å². The van der Waals surface area contributed by atoms with Crippen molar-refractivity contribution in [2.24, 2.45) is 0 Å². The van der Waals surface area contributed by atoms with Crippen LogP contribution in [-0.4, -0.2) is 20.7 Å². The number of hydrogen-bond acceptors (Lipinski definition) is 4. The number of nitrogens with one attached hydrogen (secondary N) is 2. The number of aryl methyl sites for hydroxylation is 1. The number of ketones is 1. The normalized spacial score (nSPS) is 11.5. The van der Waals surface area contributed by atoms with Gasteiger partial charge in [0.25, 0.3) is 0 Å². The number of H-pyrrole nitrogens is 1. The number of nitrogens with zero attached hydrogens (tertiary/aromatic N) is 2.